The van der Waals surface area contributed by atoms with Gasteiger partial charge >= 0.3 is 0 Å². The van der Waals surface area contributed by atoms with E-state index >= 15 is 0 Å². The smallest absolute Gasteiger partial charge is 0.237 e. The Bertz CT molecular complexity index is 206. The fraction of sp³-hybridized carbons (Fsp3) is 0.929. The van der Waals surface area contributed by atoms with Gasteiger partial charge in [-0.15, -0.1) is 0 Å². The minimum atomic E-state index is -0.0244. The second-order valence-electron chi connectivity index (χ2n) is 5.56. The number of hydrogen-bond donors (Lipinski definition) is 1. The van der Waals surface area contributed by atoms with Crippen molar-refractivity contribution in [1.29, 1.82) is 0 Å². The van der Waals surface area contributed by atoms with Gasteiger partial charge in [0, 0.05) is 6.04 Å². The van der Waals surface area contributed by atoms with Crippen LogP contribution in [0.1, 0.15) is 53.4 Å². The van der Waals surface area contributed by atoms with Crippen LogP contribution in [0.4, 0.5) is 0 Å². The van der Waals surface area contributed by atoms with Crippen LogP contribution in [0, 0.1) is 5.92 Å². The van der Waals surface area contributed by atoms with Crippen LogP contribution in [0.15, 0.2) is 0 Å². The molecule has 1 amide bonds. The summed E-state index contributed by atoms with van der Waals surface area (Å²) in [7, 11) is 3.93. The third-order valence-electron chi connectivity index (χ3n) is 3.09. The maximum Gasteiger partial charge on any atom is 0.237 e. The maximum absolute atomic E-state index is 12.1. The van der Waals surface area contributed by atoms with Crippen molar-refractivity contribution in [2.75, 3.05) is 14.1 Å². The summed E-state index contributed by atoms with van der Waals surface area (Å²) >= 11 is 0. The first-order chi connectivity index (χ1) is 7.90. The van der Waals surface area contributed by atoms with Crippen molar-refractivity contribution in [3.05, 3.63) is 0 Å². The molecule has 0 aliphatic rings. The molecule has 0 aliphatic carbocycles. The maximum atomic E-state index is 12.1. The first-order valence-corrected chi connectivity index (χ1v) is 6.86. The summed E-state index contributed by atoms with van der Waals surface area (Å²) in [6, 6.07) is 0.263. The molecule has 0 unspecified atom stereocenters. The van der Waals surface area contributed by atoms with E-state index in [-0.39, 0.29) is 18.0 Å². The van der Waals surface area contributed by atoms with Crippen molar-refractivity contribution in [3.8, 4) is 0 Å². The van der Waals surface area contributed by atoms with Crippen molar-refractivity contribution in [2.45, 2.75) is 65.5 Å². The Morgan fingerprint density at radius 1 is 1.18 bits per heavy atom. The molecular weight excluding hydrogens is 212 g/mol. The number of rotatable bonds is 8. The van der Waals surface area contributed by atoms with Gasteiger partial charge in [0.1, 0.15) is 0 Å². The number of carbonyl (C=O) groups excluding carboxylic acids is 1. The summed E-state index contributed by atoms with van der Waals surface area (Å²) in [6.07, 6.45) is 4.76. The summed E-state index contributed by atoms with van der Waals surface area (Å²) in [4.78, 5) is 14.1. The lowest BCUT2D eigenvalue weighted by Crippen LogP contribution is -2.49. The van der Waals surface area contributed by atoms with E-state index in [0.29, 0.717) is 5.92 Å². The summed E-state index contributed by atoms with van der Waals surface area (Å²) in [5.41, 5.74) is 0. The van der Waals surface area contributed by atoms with Gasteiger partial charge in [-0.25, -0.2) is 0 Å². The normalized spacial score (nSPS) is 15.1. The molecule has 0 rings (SSSR count). The average Bonchev–Trinajstić information content (AvgIpc) is 2.16. The van der Waals surface area contributed by atoms with Crippen LogP contribution in [0.2, 0.25) is 0 Å². The van der Waals surface area contributed by atoms with Gasteiger partial charge < -0.3 is 5.32 Å². The van der Waals surface area contributed by atoms with Gasteiger partial charge in [0.15, 0.2) is 0 Å². The van der Waals surface area contributed by atoms with E-state index in [9.17, 15) is 4.79 Å². The van der Waals surface area contributed by atoms with Gasteiger partial charge in [-0.2, -0.15) is 0 Å². The second-order valence-corrected chi connectivity index (χ2v) is 5.56. The predicted molar refractivity (Wildman–Crippen MR) is 74.1 cm³/mol. The van der Waals surface area contributed by atoms with Crippen molar-refractivity contribution >= 4 is 5.91 Å². The van der Waals surface area contributed by atoms with Crippen LogP contribution < -0.4 is 5.32 Å². The Kier molecular flexibility index (Phi) is 8.23. The molecule has 0 aromatic carbocycles. The Hall–Kier alpha value is -0.570. The van der Waals surface area contributed by atoms with E-state index in [1.807, 2.05) is 19.0 Å². The predicted octanol–water partition coefficient (Wildman–Crippen LogP) is 2.66. The molecule has 3 heteroatoms. The summed E-state index contributed by atoms with van der Waals surface area (Å²) in [5.74, 6) is 0.502. The SMILES string of the molecule is CCCCC[C@@H](C)NC(=O)[C@H](C(C)C)N(C)C. The van der Waals surface area contributed by atoms with Gasteiger partial charge in [-0.1, -0.05) is 40.0 Å². The van der Waals surface area contributed by atoms with Gasteiger partial charge in [0.2, 0.25) is 5.91 Å². The number of carbonyl (C=O) groups is 1. The van der Waals surface area contributed by atoms with E-state index in [2.05, 4.69) is 33.0 Å². The number of nitrogens with zero attached hydrogens (tertiary/aromatic N) is 1. The molecule has 1 N–H and O–H groups in total. The second kappa shape index (κ2) is 8.51. The zero-order valence-electron chi connectivity index (χ0n) is 12.4. The minimum Gasteiger partial charge on any atom is -0.352 e. The summed E-state index contributed by atoms with van der Waals surface area (Å²) < 4.78 is 0. The Morgan fingerprint density at radius 2 is 1.76 bits per heavy atom. The highest BCUT2D eigenvalue weighted by atomic mass is 16.2. The molecule has 0 radical (unpaired) electrons. The van der Waals surface area contributed by atoms with E-state index in [1.165, 1.54) is 19.3 Å². The number of hydrogen-bond acceptors (Lipinski definition) is 2. The van der Waals surface area contributed by atoms with Gasteiger partial charge in [0.25, 0.3) is 0 Å². The Balaban J connectivity index is 4.12. The van der Waals surface area contributed by atoms with Crippen LogP contribution in [0.25, 0.3) is 0 Å². The first kappa shape index (κ1) is 16.4. The topological polar surface area (TPSA) is 32.3 Å². The van der Waals surface area contributed by atoms with E-state index in [1.54, 1.807) is 0 Å². The third-order valence-corrected chi connectivity index (χ3v) is 3.09. The fourth-order valence-corrected chi connectivity index (χ4v) is 2.23. The molecule has 0 aromatic heterocycles. The van der Waals surface area contributed by atoms with Gasteiger partial charge in [0.05, 0.1) is 6.04 Å². The van der Waals surface area contributed by atoms with Crippen molar-refractivity contribution in [1.82, 2.24) is 10.2 Å². The lowest BCUT2D eigenvalue weighted by Gasteiger charge is -2.28. The average molecular weight is 242 g/mol. The Morgan fingerprint density at radius 3 is 2.18 bits per heavy atom. The highest BCUT2D eigenvalue weighted by Crippen LogP contribution is 2.09. The number of nitrogens with one attached hydrogen (secondary N) is 1. The van der Waals surface area contributed by atoms with Crippen LogP contribution in [0.5, 0.6) is 0 Å². The van der Waals surface area contributed by atoms with Gasteiger partial charge in [-0.05, 0) is 33.4 Å². The molecule has 3 nitrogen and oxygen atoms in total. The van der Waals surface area contributed by atoms with Crippen LogP contribution in [-0.4, -0.2) is 37.0 Å². The minimum absolute atomic E-state index is 0.0244. The highest BCUT2D eigenvalue weighted by molar-refractivity contribution is 5.82. The van der Waals surface area contributed by atoms with E-state index in [0.717, 1.165) is 6.42 Å². The number of unbranched alkanes of at least 4 members (excludes halogenated alkanes) is 2. The zero-order valence-corrected chi connectivity index (χ0v) is 12.4. The molecule has 17 heavy (non-hydrogen) atoms. The molecule has 2 atom stereocenters. The Labute approximate surface area is 107 Å². The molecule has 0 saturated carbocycles. The summed E-state index contributed by atoms with van der Waals surface area (Å²) in [6.45, 7) is 8.47. The van der Waals surface area contributed by atoms with Crippen molar-refractivity contribution in [3.63, 3.8) is 0 Å². The number of likely N-dealkylation sites (N-methyl/N-ethyl adjacent to an activating group) is 1. The molecule has 0 bridgehead atoms. The van der Waals surface area contributed by atoms with E-state index in [4.69, 9.17) is 0 Å². The fourth-order valence-electron chi connectivity index (χ4n) is 2.23. The zero-order chi connectivity index (χ0) is 13.4. The molecule has 0 saturated heterocycles. The third kappa shape index (κ3) is 6.67. The first-order valence-electron chi connectivity index (χ1n) is 6.86. The van der Waals surface area contributed by atoms with Crippen LogP contribution >= 0.6 is 0 Å². The van der Waals surface area contributed by atoms with Crippen LogP contribution in [-0.2, 0) is 4.79 Å². The standard InChI is InChI=1S/C14H30N2O/c1-7-8-9-10-12(4)15-14(17)13(11(2)3)16(5)6/h11-13H,7-10H2,1-6H3,(H,15,17)/t12-,13+/m1/s1. The highest BCUT2D eigenvalue weighted by Gasteiger charge is 2.24. The number of amides is 1. The van der Waals surface area contributed by atoms with Crippen molar-refractivity contribution in [2.24, 2.45) is 5.92 Å². The molecule has 0 heterocycles. The lowest BCUT2D eigenvalue weighted by molar-refractivity contribution is -0.127. The molecule has 0 spiro atoms. The summed E-state index contributed by atoms with van der Waals surface area (Å²) in [5, 5.41) is 3.12. The van der Waals surface area contributed by atoms with Crippen LogP contribution in [0.3, 0.4) is 0 Å². The monoisotopic (exact) mass is 242 g/mol. The van der Waals surface area contributed by atoms with Crippen molar-refractivity contribution < 1.29 is 4.79 Å². The molecule has 0 aliphatic heterocycles. The molecule has 102 valence electrons. The largest absolute Gasteiger partial charge is 0.352 e. The van der Waals surface area contributed by atoms with E-state index < -0.39 is 0 Å². The molecule has 0 fully saturated rings. The molecular formula is C14H30N2O. The molecule has 0 aromatic rings. The lowest BCUT2D eigenvalue weighted by atomic mass is 10.0. The van der Waals surface area contributed by atoms with Gasteiger partial charge in [-0.3, -0.25) is 9.69 Å². The quantitative estimate of drug-likeness (QED) is 0.664.